The molecule has 2 unspecified atom stereocenters. The van der Waals surface area contributed by atoms with Gasteiger partial charge in [-0.25, -0.2) is 0 Å². The molecule has 0 aromatic rings. The number of likely N-dealkylation sites (N-methyl/N-ethyl adjacent to an activating group) is 2. The summed E-state index contributed by atoms with van der Waals surface area (Å²) in [7, 11) is 6.02. The van der Waals surface area contributed by atoms with E-state index in [0.717, 1.165) is 26.1 Å². The molecule has 0 spiro atoms. The largest absolute Gasteiger partial charge is 0.368 e. The third kappa shape index (κ3) is 3.93. The van der Waals surface area contributed by atoms with Crippen molar-refractivity contribution < 1.29 is 4.79 Å². The third-order valence-corrected chi connectivity index (χ3v) is 4.07. The zero-order valence-electron chi connectivity index (χ0n) is 12.2. The maximum Gasteiger partial charge on any atom is 0.237 e. The van der Waals surface area contributed by atoms with Crippen LogP contribution in [0.25, 0.3) is 0 Å². The molecule has 0 aliphatic carbocycles. The molecule has 1 rings (SSSR count). The van der Waals surface area contributed by atoms with Gasteiger partial charge in [0.1, 0.15) is 0 Å². The molecule has 2 atom stereocenters. The number of carbonyl (C=O) groups is 1. The highest BCUT2D eigenvalue weighted by atomic mass is 16.1. The molecule has 0 bridgehead atoms. The number of nitrogens with zero attached hydrogens (tertiary/aromatic N) is 2. The summed E-state index contributed by atoms with van der Waals surface area (Å²) in [4.78, 5) is 16.2. The van der Waals surface area contributed by atoms with Crippen LogP contribution in [0.15, 0.2) is 0 Å². The van der Waals surface area contributed by atoms with Crippen molar-refractivity contribution in [1.29, 1.82) is 0 Å². The Morgan fingerprint density at radius 1 is 1.56 bits per heavy atom. The number of hydrogen-bond acceptors (Lipinski definition) is 4. The van der Waals surface area contributed by atoms with Crippen LogP contribution in [-0.4, -0.2) is 68.1 Å². The quantitative estimate of drug-likeness (QED) is 0.666. The van der Waals surface area contributed by atoms with E-state index < -0.39 is 5.54 Å². The second-order valence-corrected chi connectivity index (χ2v) is 5.79. The summed E-state index contributed by atoms with van der Waals surface area (Å²) in [6.07, 6.45) is 3.28. The Bertz CT molecular complexity index is 282. The number of nitrogens with two attached hydrogens (primary N) is 1. The molecular weight excluding hydrogens is 228 g/mol. The highest BCUT2D eigenvalue weighted by Gasteiger charge is 2.32. The first kappa shape index (κ1) is 15.4. The predicted molar refractivity (Wildman–Crippen MR) is 74.4 cm³/mol. The molecule has 106 valence electrons. The molecule has 5 heteroatoms. The van der Waals surface area contributed by atoms with Gasteiger partial charge in [0, 0.05) is 19.1 Å². The highest BCUT2D eigenvalue weighted by molar-refractivity contribution is 5.84. The van der Waals surface area contributed by atoms with Gasteiger partial charge in [-0.3, -0.25) is 9.69 Å². The first-order valence-electron chi connectivity index (χ1n) is 6.76. The topological polar surface area (TPSA) is 61.6 Å². The van der Waals surface area contributed by atoms with E-state index in [2.05, 4.69) is 29.2 Å². The summed E-state index contributed by atoms with van der Waals surface area (Å²) in [6.45, 7) is 5.04. The summed E-state index contributed by atoms with van der Waals surface area (Å²) in [6, 6.07) is 0.619. The average molecular weight is 256 g/mol. The van der Waals surface area contributed by atoms with E-state index in [9.17, 15) is 4.79 Å². The Morgan fingerprint density at radius 2 is 2.22 bits per heavy atom. The Hall–Kier alpha value is -0.650. The van der Waals surface area contributed by atoms with Crippen molar-refractivity contribution in [2.75, 3.05) is 40.8 Å². The minimum Gasteiger partial charge on any atom is -0.368 e. The van der Waals surface area contributed by atoms with Crippen LogP contribution < -0.4 is 11.1 Å². The second-order valence-electron chi connectivity index (χ2n) is 5.79. The van der Waals surface area contributed by atoms with Gasteiger partial charge in [0.05, 0.1) is 5.54 Å². The van der Waals surface area contributed by atoms with E-state index >= 15 is 0 Å². The van der Waals surface area contributed by atoms with E-state index in [1.165, 1.54) is 12.8 Å². The van der Waals surface area contributed by atoms with E-state index in [-0.39, 0.29) is 5.91 Å². The van der Waals surface area contributed by atoms with Crippen LogP contribution in [0.2, 0.25) is 0 Å². The third-order valence-electron chi connectivity index (χ3n) is 4.07. The van der Waals surface area contributed by atoms with Gasteiger partial charge in [-0.05, 0) is 53.9 Å². The summed E-state index contributed by atoms with van der Waals surface area (Å²) in [5.74, 6) is -0.270. The lowest BCUT2D eigenvalue weighted by Gasteiger charge is -2.31. The maximum atomic E-state index is 11.4. The number of amides is 1. The van der Waals surface area contributed by atoms with Crippen LogP contribution in [0, 0.1) is 0 Å². The maximum absolute atomic E-state index is 11.4. The van der Waals surface area contributed by atoms with E-state index in [4.69, 9.17) is 5.73 Å². The Kier molecular flexibility index (Phi) is 5.56. The fraction of sp³-hybridized carbons (Fsp3) is 0.923. The smallest absolute Gasteiger partial charge is 0.237 e. The van der Waals surface area contributed by atoms with Gasteiger partial charge < -0.3 is 16.0 Å². The zero-order chi connectivity index (χ0) is 13.8. The highest BCUT2D eigenvalue weighted by Crippen LogP contribution is 2.20. The van der Waals surface area contributed by atoms with Crippen LogP contribution in [0.5, 0.6) is 0 Å². The molecule has 1 heterocycles. The van der Waals surface area contributed by atoms with Crippen LogP contribution in [-0.2, 0) is 4.79 Å². The average Bonchev–Trinajstić information content (AvgIpc) is 2.72. The number of likely N-dealkylation sites (tertiary alicyclic amines) is 1. The molecule has 0 radical (unpaired) electrons. The first-order valence-corrected chi connectivity index (χ1v) is 6.76. The number of carbonyl (C=O) groups excluding carboxylic acids is 1. The van der Waals surface area contributed by atoms with Crippen molar-refractivity contribution in [3.63, 3.8) is 0 Å². The second kappa shape index (κ2) is 6.50. The van der Waals surface area contributed by atoms with E-state index in [1.54, 1.807) is 7.05 Å². The predicted octanol–water partition coefficient (Wildman–Crippen LogP) is -0.134. The van der Waals surface area contributed by atoms with Gasteiger partial charge in [-0.15, -0.1) is 0 Å². The first-order chi connectivity index (χ1) is 8.39. The van der Waals surface area contributed by atoms with Crippen LogP contribution in [0.3, 0.4) is 0 Å². The summed E-state index contributed by atoms with van der Waals surface area (Å²) < 4.78 is 0. The zero-order valence-corrected chi connectivity index (χ0v) is 12.2. The molecule has 3 N–H and O–H groups in total. The lowest BCUT2D eigenvalue weighted by molar-refractivity contribution is -0.124. The monoisotopic (exact) mass is 256 g/mol. The standard InChI is InChI=1S/C13H28N4O/c1-13(15-2,12(14)18)7-9-17-8-5-6-11(17)10-16(3)4/h11,15H,5-10H2,1-4H3,(H2,14,18). The van der Waals surface area contributed by atoms with Crippen molar-refractivity contribution in [2.24, 2.45) is 5.73 Å². The lowest BCUT2D eigenvalue weighted by atomic mass is 9.97. The molecule has 0 aromatic heterocycles. The summed E-state index contributed by atoms with van der Waals surface area (Å²) in [5, 5.41) is 3.05. The van der Waals surface area contributed by atoms with Gasteiger partial charge in [-0.2, -0.15) is 0 Å². The normalized spacial score (nSPS) is 24.4. The fourth-order valence-electron chi connectivity index (χ4n) is 2.56. The number of rotatable bonds is 7. The Labute approximate surface area is 111 Å². The van der Waals surface area contributed by atoms with Gasteiger partial charge in [0.2, 0.25) is 5.91 Å². The van der Waals surface area contributed by atoms with Gasteiger partial charge >= 0.3 is 0 Å². The minimum atomic E-state index is -0.592. The minimum absolute atomic E-state index is 0.270. The Morgan fingerprint density at radius 3 is 2.72 bits per heavy atom. The molecular formula is C13H28N4O. The number of nitrogens with one attached hydrogen (secondary N) is 1. The molecule has 1 fully saturated rings. The molecule has 1 amide bonds. The Balaban J connectivity index is 2.49. The SMILES string of the molecule is CNC(C)(CCN1CCCC1CN(C)C)C(N)=O. The van der Waals surface area contributed by atoms with Crippen molar-refractivity contribution in [2.45, 2.75) is 37.8 Å². The molecule has 18 heavy (non-hydrogen) atoms. The molecule has 0 aromatic carbocycles. The van der Waals surface area contributed by atoms with Gasteiger partial charge in [0.15, 0.2) is 0 Å². The number of primary amides is 1. The fourth-order valence-corrected chi connectivity index (χ4v) is 2.56. The molecule has 1 aliphatic rings. The lowest BCUT2D eigenvalue weighted by Crippen LogP contribution is -2.53. The number of hydrogen-bond donors (Lipinski definition) is 2. The molecule has 1 saturated heterocycles. The molecule has 1 aliphatic heterocycles. The van der Waals surface area contributed by atoms with Gasteiger partial charge in [-0.1, -0.05) is 0 Å². The van der Waals surface area contributed by atoms with Gasteiger partial charge in [0.25, 0.3) is 0 Å². The van der Waals surface area contributed by atoms with Crippen molar-refractivity contribution in [3.8, 4) is 0 Å². The van der Waals surface area contributed by atoms with Crippen LogP contribution in [0.4, 0.5) is 0 Å². The van der Waals surface area contributed by atoms with Crippen LogP contribution in [0.1, 0.15) is 26.2 Å². The van der Waals surface area contributed by atoms with Crippen molar-refractivity contribution in [3.05, 3.63) is 0 Å². The van der Waals surface area contributed by atoms with E-state index in [0.29, 0.717) is 6.04 Å². The van der Waals surface area contributed by atoms with Crippen molar-refractivity contribution >= 4 is 5.91 Å². The molecule has 5 nitrogen and oxygen atoms in total. The van der Waals surface area contributed by atoms with Crippen molar-refractivity contribution in [1.82, 2.24) is 15.1 Å². The van der Waals surface area contributed by atoms with E-state index in [1.807, 2.05) is 6.92 Å². The summed E-state index contributed by atoms with van der Waals surface area (Å²) in [5.41, 5.74) is 4.86. The van der Waals surface area contributed by atoms with Crippen LogP contribution >= 0.6 is 0 Å². The molecule has 0 saturated carbocycles. The summed E-state index contributed by atoms with van der Waals surface area (Å²) >= 11 is 0.